The number of aromatic nitrogens is 3. The van der Waals surface area contributed by atoms with E-state index in [0.717, 1.165) is 30.8 Å². The molecule has 146 valence electrons. The Bertz CT molecular complexity index is 811. The molecule has 1 fully saturated rings. The maximum atomic E-state index is 12.7. The number of aryl methyl sites for hydroxylation is 3. The van der Waals surface area contributed by atoms with E-state index in [0.29, 0.717) is 29.9 Å². The molecule has 6 nitrogen and oxygen atoms in total. The molecule has 0 bridgehead atoms. The fraction of sp³-hybridized carbons (Fsp3) is 0.571. The van der Waals surface area contributed by atoms with Crippen molar-refractivity contribution in [1.82, 2.24) is 25.2 Å². The molecule has 1 saturated heterocycles. The lowest BCUT2D eigenvalue weighted by molar-refractivity contribution is 0.0917. The summed E-state index contributed by atoms with van der Waals surface area (Å²) in [6, 6.07) is 6.68. The van der Waals surface area contributed by atoms with E-state index in [4.69, 9.17) is 0 Å². The summed E-state index contributed by atoms with van der Waals surface area (Å²) in [5, 5.41) is 12.0. The van der Waals surface area contributed by atoms with E-state index < -0.39 is 0 Å². The quantitative estimate of drug-likeness (QED) is 0.880. The Morgan fingerprint density at radius 1 is 1.26 bits per heavy atom. The van der Waals surface area contributed by atoms with Crippen molar-refractivity contribution in [3.63, 3.8) is 0 Å². The number of rotatable bonds is 5. The molecule has 27 heavy (non-hydrogen) atoms. The number of amides is 1. The molecular weight excluding hydrogens is 338 g/mol. The average molecular weight is 370 g/mol. The van der Waals surface area contributed by atoms with Gasteiger partial charge in [0, 0.05) is 19.1 Å². The van der Waals surface area contributed by atoms with E-state index in [1.54, 1.807) is 4.80 Å². The largest absolute Gasteiger partial charge is 0.350 e. The summed E-state index contributed by atoms with van der Waals surface area (Å²) >= 11 is 0. The van der Waals surface area contributed by atoms with Crippen molar-refractivity contribution < 1.29 is 4.79 Å². The predicted molar refractivity (Wildman–Crippen MR) is 107 cm³/mol. The first kappa shape index (κ1) is 19.5. The van der Waals surface area contributed by atoms with Gasteiger partial charge in [-0.15, -0.1) is 5.10 Å². The standard InChI is InChI=1S/C21H31N5O/c1-14(2)25-10-6-7-18(13-25)12-22-21(27)20-17(5)23-26(24-20)19-9-8-15(3)11-16(19)4/h8-9,11,14,18H,6-7,10,12-13H2,1-5H3,(H,22,27). The Balaban J connectivity index is 1.66. The molecule has 1 aliphatic heterocycles. The Kier molecular flexibility index (Phi) is 5.95. The Morgan fingerprint density at radius 3 is 2.74 bits per heavy atom. The van der Waals surface area contributed by atoms with Gasteiger partial charge in [-0.25, -0.2) is 0 Å². The van der Waals surface area contributed by atoms with Gasteiger partial charge in [-0.2, -0.15) is 9.90 Å². The predicted octanol–water partition coefficient (Wildman–Crippen LogP) is 3.04. The summed E-state index contributed by atoms with van der Waals surface area (Å²) in [5.74, 6) is 0.366. The van der Waals surface area contributed by atoms with Crippen LogP contribution in [0, 0.1) is 26.7 Å². The lowest BCUT2D eigenvalue weighted by Gasteiger charge is -2.35. The number of benzene rings is 1. The fourth-order valence-electron chi connectivity index (χ4n) is 3.78. The smallest absolute Gasteiger partial charge is 0.273 e. The molecule has 0 saturated carbocycles. The van der Waals surface area contributed by atoms with E-state index in [-0.39, 0.29) is 5.91 Å². The first-order valence-corrected chi connectivity index (χ1v) is 9.89. The molecule has 1 aromatic carbocycles. The van der Waals surface area contributed by atoms with Crippen LogP contribution in [-0.4, -0.2) is 51.5 Å². The van der Waals surface area contributed by atoms with Gasteiger partial charge in [0.1, 0.15) is 0 Å². The second kappa shape index (κ2) is 8.21. The number of likely N-dealkylation sites (tertiary alicyclic amines) is 1. The SMILES string of the molecule is Cc1ccc(-n2nc(C)c(C(=O)NCC3CCCN(C(C)C)C3)n2)c(C)c1. The number of piperidine rings is 1. The highest BCUT2D eigenvalue weighted by atomic mass is 16.2. The van der Waals surface area contributed by atoms with E-state index in [2.05, 4.69) is 47.3 Å². The number of hydrogen-bond acceptors (Lipinski definition) is 4. The van der Waals surface area contributed by atoms with Crippen LogP contribution in [0.5, 0.6) is 0 Å². The van der Waals surface area contributed by atoms with E-state index >= 15 is 0 Å². The first-order valence-electron chi connectivity index (χ1n) is 9.89. The van der Waals surface area contributed by atoms with Crippen molar-refractivity contribution in [3.05, 3.63) is 40.7 Å². The molecule has 1 N–H and O–H groups in total. The highest BCUT2D eigenvalue weighted by Gasteiger charge is 2.23. The molecule has 6 heteroatoms. The zero-order valence-corrected chi connectivity index (χ0v) is 17.1. The molecule has 1 aliphatic rings. The highest BCUT2D eigenvalue weighted by molar-refractivity contribution is 5.93. The fourth-order valence-corrected chi connectivity index (χ4v) is 3.78. The van der Waals surface area contributed by atoms with E-state index in [9.17, 15) is 4.79 Å². The molecule has 1 unspecified atom stereocenters. The van der Waals surface area contributed by atoms with Gasteiger partial charge in [0.15, 0.2) is 5.69 Å². The van der Waals surface area contributed by atoms with E-state index in [1.807, 2.05) is 26.0 Å². The maximum Gasteiger partial charge on any atom is 0.273 e. The summed E-state index contributed by atoms with van der Waals surface area (Å²) in [5.41, 5.74) is 4.25. The number of hydrogen-bond donors (Lipinski definition) is 1. The number of nitrogens with one attached hydrogen (secondary N) is 1. The normalized spacial score (nSPS) is 18.1. The van der Waals surface area contributed by atoms with Crippen LogP contribution in [0.3, 0.4) is 0 Å². The van der Waals surface area contributed by atoms with Crippen LogP contribution >= 0.6 is 0 Å². The highest BCUT2D eigenvalue weighted by Crippen LogP contribution is 2.18. The summed E-state index contributed by atoms with van der Waals surface area (Å²) in [6.45, 7) is 13.3. The lowest BCUT2D eigenvalue weighted by Crippen LogP contribution is -2.43. The minimum Gasteiger partial charge on any atom is -0.350 e. The first-order chi connectivity index (χ1) is 12.8. The van der Waals surface area contributed by atoms with Crippen molar-refractivity contribution in [2.24, 2.45) is 5.92 Å². The van der Waals surface area contributed by atoms with Crippen molar-refractivity contribution in [2.45, 2.75) is 53.5 Å². The van der Waals surface area contributed by atoms with Gasteiger partial charge < -0.3 is 10.2 Å². The molecular formula is C21H31N5O. The topological polar surface area (TPSA) is 63.1 Å². The second-order valence-corrected chi connectivity index (χ2v) is 8.02. The number of carbonyl (C=O) groups excluding carboxylic acids is 1. The van der Waals surface area contributed by atoms with Crippen LogP contribution in [0.15, 0.2) is 18.2 Å². The molecule has 1 amide bonds. The van der Waals surface area contributed by atoms with Crippen LogP contribution in [0.25, 0.3) is 5.69 Å². The third-order valence-electron chi connectivity index (χ3n) is 5.40. The zero-order chi connectivity index (χ0) is 19.6. The van der Waals surface area contributed by atoms with Gasteiger partial charge in [-0.1, -0.05) is 17.7 Å². The molecule has 3 rings (SSSR count). The number of carbonyl (C=O) groups is 1. The van der Waals surface area contributed by atoms with Gasteiger partial charge >= 0.3 is 0 Å². The summed E-state index contributed by atoms with van der Waals surface area (Å²) in [7, 11) is 0. The molecule has 0 radical (unpaired) electrons. The Morgan fingerprint density at radius 2 is 2.04 bits per heavy atom. The number of nitrogens with zero attached hydrogens (tertiary/aromatic N) is 4. The van der Waals surface area contributed by atoms with E-state index in [1.165, 1.54) is 12.0 Å². The molecule has 2 heterocycles. The zero-order valence-electron chi connectivity index (χ0n) is 17.1. The van der Waals surface area contributed by atoms with Crippen LogP contribution in [0.4, 0.5) is 0 Å². The Labute approximate surface area is 161 Å². The Hall–Kier alpha value is -2.21. The second-order valence-electron chi connectivity index (χ2n) is 8.02. The van der Waals surface area contributed by atoms with Gasteiger partial charge in [-0.3, -0.25) is 4.79 Å². The van der Waals surface area contributed by atoms with Crippen LogP contribution < -0.4 is 5.32 Å². The molecule has 2 aromatic rings. The average Bonchev–Trinajstić information content (AvgIpc) is 3.01. The van der Waals surface area contributed by atoms with Gasteiger partial charge in [0.2, 0.25) is 0 Å². The minimum absolute atomic E-state index is 0.134. The van der Waals surface area contributed by atoms with Gasteiger partial charge in [0.05, 0.1) is 11.4 Å². The summed E-state index contributed by atoms with van der Waals surface area (Å²) < 4.78 is 0. The third-order valence-corrected chi connectivity index (χ3v) is 5.40. The minimum atomic E-state index is -0.134. The van der Waals surface area contributed by atoms with Crippen LogP contribution in [-0.2, 0) is 0 Å². The molecule has 1 aromatic heterocycles. The van der Waals surface area contributed by atoms with Gasteiger partial charge in [-0.05, 0) is 71.6 Å². The van der Waals surface area contributed by atoms with Crippen molar-refractivity contribution in [2.75, 3.05) is 19.6 Å². The van der Waals surface area contributed by atoms with Crippen molar-refractivity contribution >= 4 is 5.91 Å². The summed E-state index contributed by atoms with van der Waals surface area (Å²) in [6.07, 6.45) is 2.36. The molecule has 1 atom stereocenters. The molecule has 0 aliphatic carbocycles. The summed E-state index contributed by atoms with van der Waals surface area (Å²) in [4.78, 5) is 16.7. The maximum absolute atomic E-state index is 12.7. The lowest BCUT2D eigenvalue weighted by atomic mass is 9.97. The third kappa shape index (κ3) is 4.56. The van der Waals surface area contributed by atoms with Crippen LogP contribution in [0.1, 0.15) is 54.0 Å². The van der Waals surface area contributed by atoms with Gasteiger partial charge in [0.25, 0.3) is 5.91 Å². The van der Waals surface area contributed by atoms with Crippen molar-refractivity contribution in [1.29, 1.82) is 0 Å². The molecule has 0 spiro atoms. The monoisotopic (exact) mass is 369 g/mol. The van der Waals surface area contributed by atoms with Crippen LogP contribution in [0.2, 0.25) is 0 Å². The van der Waals surface area contributed by atoms with Crippen molar-refractivity contribution in [3.8, 4) is 5.69 Å².